The average Bonchev–Trinajstić information content (AvgIpc) is 1.68. The Balaban J connectivity index is 3.17. The standard InChI is InChI=1S/CH4N4OS/c2-3-1(6)4-5-7/h2,5,7H,(H,4,6). The van der Waals surface area contributed by atoms with Gasteiger partial charge in [-0.2, -0.15) is 10.4 Å². The Bertz CT molecular complexity index is 81.8. The van der Waals surface area contributed by atoms with E-state index in [0.29, 0.717) is 0 Å². The van der Waals surface area contributed by atoms with Gasteiger partial charge in [-0.05, 0) is 0 Å². The van der Waals surface area contributed by atoms with Gasteiger partial charge in [-0.15, -0.1) is 0 Å². The summed E-state index contributed by atoms with van der Waals surface area (Å²) in [5.74, 6) is 0. The van der Waals surface area contributed by atoms with Gasteiger partial charge < -0.3 is 0 Å². The SMILES string of the molecule is N=NC(=O)NNS. The van der Waals surface area contributed by atoms with Crippen molar-refractivity contribution in [3.8, 4) is 0 Å². The van der Waals surface area contributed by atoms with Crippen molar-refractivity contribution in [1.82, 2.24) is 10.3 Å². The van der Waals surface area contributed by atoms with Gasteiger partial charge in [0.05, 0.1) is 0 Å². The molecule has 0 fully saturated rings. The number of hydrogen-bond acceptors (Lipinski definition) is 4. The second-order valence-corrected chi connectivity index (χ2v) is 0.877. The topological polar surface area (TPSA) is 77.3 Å². The molecule has 0 heterocycles. The van der Waals surface area contributed by atoms with Gasteiger partial charge in [0, 0.05) is 0 Å². The molecule has 0 aromatic heterocycles. The summed E-state index contributed by atoms with van der Waals surface area (Å²) in [4.78, 5) is 11.8. The summed E-state index contributed by atoms with van der Waals surface area (Å²) in [5.41, 5.74) is 7.97. The zero-order valence-corrected chi connectivity index (χ0v) is 4.20. The molecule has 0 aliphatic carbocycles. The lowest BCUT2D eigenvalue weighted by molar-refractivity contribution is 0.246. The maximum atomic E-state index is 9.84. The van der Waals surface area contributed by atoms with Gasteiger partial charge in [0.15, 0.2) is 0 Å². The molecule has 0 saturated heterocycles. The molecule has 0 saturated carbocycles. The molecular formula is CH4N4OS. The monoisotopic (exact) mass is 120 g/mol. The first kappa shape index (κ1) is 6.38. The number of carbonyl (C=O) groups excluding carboxylic acids is 1. The Labute approximate surface area is 45.5 Å². The van der Waals surface area contributed by atoms with E-state index in [1.165, 1.54) is 0 Å². The fourth-order valence-electron chi connectivity index (χ4n) is 0.0758. The Hall–Kier alpha value is -0.620. The normalized spacial score (nSPS) is 7.57. The Morgan fingerprint density at radius 1 is 1.86 bits per heavy atom. The van der Waals surface area contributed by atoms with E-state index in [1.54, 1.807) is 0 Å². The fourth-order valence-corrected chi connectivity index (χ4v) is 0.171. The van der Waals surface area contributed by atoms with Gasteiger partial charge in [0.25, 0.3) is 0 Å². The van der Waals surface area contributed by atoms with E-state index in [9.17, 15) is 4.79 Å². The number of hydrogen-bond donors (Lipinski definition) is 4. The molecule has 7 heavy (non-hydrogen) atoms. The summed E-state index contributed by atoms with van der Waals surface area (Å²) < 4.78 is 0. The van der Waals surface area contributed by atoms with Gasteiger partial charge in [-0.1, -0.05) is 17.9 Å². The molecule has 0 aliphatic rings. The van der Waals surface area contributed by atoms with Crippen LogP contribution >= 0.6 is 12.8 Å². The van der Waals surface area contributed by atoms with Gasteiger partial charge >= 0.3 is 6.03 Å². The van der Waals surface area contributed by atoms with Crippen molar-refractivity contribution in [2.45, 2.75) is 0 Å². The molecular weight excluding hydrogens is 116 g/mol. The van der Waals surface area contributed by atoms with Crippen LogP contribution in [-0.2, 0) is 0 Å². The largest absolute Gasteiger partial charge is 0.374 e. The minimum atomic E-state index is -0.769. The first-order chi connectivity index (χ1) is 3.31. The van der Waals surface area contributed by atoms with E-state index in [4.69, 9.17) is 5.53 Å². The minimum absolute atomic E-state index is 0.769. The maximum Gasteiger partial charge on any atom is 0.374 e. The van der Waals surface area contributed by atoms with E-state index in [1.807, 2.05) is 10.3 Å². The Morgan fingerprint density at radius 3 is 2.57 bits per heavy atom. The quantitative estimate of drug-likeness (QED) is 0.224. The maximum absolute atomic E-state index is 9.84. The number of amides is 2. The van der Waals surface area contributed by atoms with Crippen LogP contribution in [0.4, 0.5) is 4.79 Å². The third kappa shape index (κ3) is 3.20. The Kier molecular flexibility index (Phi) is 3.25. The highest BCUT2D eigenvalue weighted by Crippen LogP contribution is 1.65. The average molecular weight is 120 g/mol. The van der Waals surface area contributed by atoms with Crippen LogP contribution in [0.1, 0.15) is 0 Å². The molecule has 6 heteroatoms. The molecule has 3 N–H and O–H groups in total. The summed E-state index contributed by atoms with van der Waals surface area (Å²) in [6.07, 6.45) is 0. The highest BCUT2D eigenvalue weighted by molar-refractivity contribution is 7.78. The highest BCUT2D eigenvalue weighted by Gasteiger charge is 1.87. The number of rotatable bonds is 1. The van der Waals surface area contributed by atoms with Gasteiger partial charge in [-0.3, -0.25) is 5.43 Å². The van der Waals surface area contributed by atoms with Crippen molar-refractivity contribution >= 4 is 18.8 Å². The van der Waals surface area contributed by atoms with E-state index >= 15 is 0 Å². The predicted molar refractivity (Wildman–Crippen MR) is 25.8 cm³/mol. The van der Waals surface area contributed by atoms with Crippen molar-refractivity contribution in [2.24, 2.45) is 5.11 Å². The number of thiol groups is 1. The van der Waals surface area contributed by atoms with Crippen LogP contribution in [0.15, 0.2) is 5.11 Å². The molecule has 5 nitrogen and oxygen atoms in total. The van der Waals surface area contributed by atoms with Crippen LogP contribution in [0.2, 0.25) is 0 Å². The molecule has 0 unspecified atom stereocenters. The van der Waals surface area contributed by atoms with Crippen LogP contribution in [0.5, 0.6) is 0 Å². The van der Waals surface area contributed by atoms with E-state index in [-0.39, 0.29) is 0 Å². The first-order valence-corrected chi connectivity index (χ1v) is 1.82. The molecule has 0 aliphatic heterocycles. The third-order valence-corrected chi connectivity index (χ3v) is 0.376. The van der Waals surface area contributed by atoms with Crippen LogP contribution in [0.25, 0.3) is 0 Å². The van der Waals surface area contributed by atoms with E-state index < -0.39 is 6.03 Å². The molecule has 0 bridgehead atoms. The van der Waals surface area contributed by atoms with Crippen LogP contribution < -0.4 is 10.3 Å². The van der Waals surface area contributed by atoms with Crippen LogP contribution in [0, 0.1) is 5.53 Å². The molecule has 0 rings (SSSR count). The molecule has 0 aromatic carbocycles. The Morgan fingerprint density at radius 2 is 2.43 bits per heavy atom. The molecule has 0 spiro atoms. The summed E-state index contributed by atoms with van der Waals surface area (Å²) in [6.45, 7) is 0. The van der Waals surface area contributed by atoms with Gasteiger partial charge in [-0.25, -0.2) is 4.79 Å². The van der Waals surface area contributed by atoms with Crippen molar-refractivity contribution in [3.63, 3.8) is 0 Å². The van der Waals surface area contributed by atoms with Crippen molar-refractivity contribution < 1.29 is 4.79 Å². The predicted octanol–water partition coefficient (Wildman–Crippen LogP) is 0.0764. The fraction of sp³-hybridized carbons (Fsp3) is 0. The number of nitrogens with one attached hydrogen (secondary N) is 3. The molecule has 0 aromatic rings. The lowest BCUT2D eigenvalue weighted by Crippen LogP contribution is -2.27. The van der Waals surface area contributed by atoms with Gasteiger partial charge in [0.2, 0.25) is 0 Å². The molecule has 40 valence electrons. The molecule has 2 amide bonds. The summed E-state index contributed by atoms with van der Waals surface area (Å²) in [5, 5.41) is 2.47. The molecule has 0 atom stereocenters. The molecule has 0 radical (unpaired) electrons. The lowest BCUT2D eigenvalue weighted by atomic mass is 11.1. The zero-order chi connectivity index (χ0) is 5.70. The lowest BCUT2D eigenvalue weighted by Gasteiger charge is -1.89. The number of urea groups is 1. The van der Waals surface area contributed by atoms with E-state index in [0.717, 1.165) is 0 Å². The number of hydrazine groups is 1. The zero-order valence-electron chi connectivity index (χ0n) is 3.30. The second-order valence-electron chi connectivity index (χ2n) is 0.654. The highest BCUT2D eigenvalue weighted by atomic mass is 32.1. The summed E-state index contributed by atoms with van der Waals surface area (Å²) in [6, 6.07) is -0.769. The minimum Gasteiger partial charge on any atom is -0.260 e. The van der Waals surface area contributed by atoms with Gasteiger partial charge in [0.1, 0.15) is 0 Å². The van der Waals surface area contributed by atoms with E-state index in [2.05, 4.69) is 17.9 Å². The van der Waals surface area contributed by atoms with Crippen LogP contribution in [-0.4, -0.2) is 6.03 Å². The number of nitrogens with zero attached hydrogens (tertiary/aromatic N) is 1. The third-order valence-electron chi connectivity index (χ3n) is 0.264. The second kappa shape index (κ2) is 3.57. The smallest absolute Gasteiger partial charge is 0.260 e. The summed E-state index contributed by atoms with van der Waals surface area (Å²) >= 11 is 3.39. The summed E-state index contributed by atoms with van der Waals surface area (Å²) in [7, 11) is 0. The van der Waals surface area contributed by atoms with Crippen LogP contribution in [0.3, 0.4) is 0 Å². The van der Waals surface area contributed by atoms with Crippen molar-refractivity contribution in [2.75, 3.05) is 0 Å². The van der Waals surface area contributed by atoms with Crippen molar-refractivity contribution in [3.05, 3.63) is 0 Å². The first-order valence-electron chi connectivity index (χ1n) is 1.37. The number of carbonyl (C=O) groups is 1. The van der Waals surface area contributed by atoms with Crippen molar-refractivity contribution in [1.29, 1.82) is 5.53 Å².